The zero-order valence-corrected chi connectivity index (χ0v) is 16.0. The van der Waals surface area contributed by atoms with E-state index in [9.17, 15) is 0 Å². The van der Waals surface area contributed by atoms with Crippen LogP contribution in [-0.2, 0) is 6.54 Å². The lowest BCUT2D eigenvalue weighted by molar-refractivity contribution is 0.577. The Balaban J connectivity index is 1.45. The zero-order valence-electron chi connectivity index (χ0n) is 16.0. The maximum absolute atomic E-state index is 4.32. The predicted molar refractivity (Wildman–Crippen MR) is 109 cm³/mol. The van der Waals surface area contributed by atoms with Crippen molar-refractivity contribution in [2.75, 3.05) is 37.0 Å². The molecule has 1 fully saturated rings. The number of pyridine rings is 1. The van der Waals surface area contributed by atoms with Crippen LogP contribution in [-0.4, -0.2) is 47.2 Å². The molecule has 27 heavy (non-hydrogen) atoms. The van der Waals surface area contributed by atoms with Crippen LogP contribution in [0.25, 0.3) is 11.3 Å². The number of hydrogen-bond acceptors (Lipinski definition) is 5. The minimum Gasteiger partial charge on any atom is -0.376 e. The Morgan fingerprint density at radius 1 is 1.00 bits per heavy atom. The quantitative estimate of drug-likeness (QED) is 0.696. The Hall–Kier alpha value is -2.89. The molecule has 1 aliphatic rings. The largest absolute Gasteiger partial charge is 0.376 e. The molecule has 140 valence electrons. The summed E-state index contributed by atoms with van der Waals surface area (Å²) in [6, 6.07) is 10.9. The smallest absolute Gasteiger partial charge is 0.114 e. The van der Waals surface area contributed by atoms with E-state index in [-0.39, 0.29) is 0 Å². The number of aromatic nitrogens is 4. The number of anilines is 2. The molecule has 4 rings (SSSR count). The summed E-state index contributed by atoms with van der Waals surface area (Å²) in [6.07, 6.45) is 9.61. The lowest BCUT2D eigenvalue weighted by atomic mass is 10.1. The number of hydrogen-bond donors (Lipinski definition) is 0. The second kappa shape index (κ2) is 7.78. The summed E-state index contributed by atoms with van der Waals surface area (Å²) in [5.41, 5.74) is 5.43. The van der Waals surface area contributed by atoms with Gasteiger partial charge < -0.3 is 9.80 Å². The van der Waals surface area contributed by atoms with Gasteiger partial charge >= 0.3 is 0 Å². The first-order chi connectivity index (χ1) is 13.2. The molecular formula is C21H26N6. The highest BCUT2D eigenvalue weighted by atomic mass is 15.4. The van der Waals surface area contributed by atoms with Crippen molar-refractivity contribution in [2.45, 2.75) is 25.8 Å². The Morgan fingerprint density at radius 3 is 2.52 bits per heavy atom. The van der Waals surface area contributed by atoms with Crippen LogP contribution in [0.2, 0.25) is 0 Å². The predicted octanol–water partition coefficient (Wildman–Crippen LogP) is 3.44. The van der Waals surface area contributed by atoms with Crippen molar-refractivity contribution < 1.29 is 0 Å². The van der Waals surface area contributed by atoms with Gasteiger partial charge in [-0.1, -0.05) is 17.3 Å². The molecule has 0 saturated carbocycles. The van der Waals surface area contributed by atoms with E-state index in [1.807, 2.05) is 42.3 Å². The fourth-order valence-corrected chi connectivity index (χ4v) is 3.47. The Labute approximate surface area is 160 Å². The van der Waals surface area contributed by atoms with Gasteiger partial charge in [0.15, 0.2) is 0 Å². The third-order valence-electron chi connectivity index (χ3n) is 5.08. The van der Waals surface area contributed by atoms with Crippen molar-refractivity contribution in [3.05, 3.63) is 54.5 Å². The maximum Gasteiger partial charge on any atom is 0.114 e. The summed E-state index contributed by atoms with van der Waals surface area (Å²) in [4.78, 5) is 8.82. The molecule has 1 aliphatic heterocycles. The molecule has 0 amide bonds. The molecule has 0 aliphatic carbocycles. The van der Waals surface area contributed by atoms with Gasteiger partial charge in [0.2, 0.25) is 0 Å². The van der Waals surface area contributed by atoms with Gasteiger partial charge in [-0.2, -0.15) is 0 Å². The highest BCUT2D eigenvalue weighted by molar-refractivity contribution is 5.62. The van der Waals surface area contributed by atoms with Crippen molar-refractivity contribution in [2.24, 2.45) is 0 Å². The van der Waals surface area contributed by atoms with E-state index in [4.69, 9.17) is 0 Å². The van der Waals surface area contributed by atoms with Crippen LogP contribution in [0.1, 0.15) is 24.8 Å². The van der Waals surface area contributed by atoms with E-state index < -0.39 is 0 Å². The molecule has 0 spiro atoms. The van der Waals surface area contributed by atoms with E-state index >= 15 is 0 Å². The van der Waals surface area contributed by atoms with Crippen molar-refractivity contribution in [3.8, 4) is 11.3 Å². The molecule has 3 heterocycles. The molecule has 6 heteroatoms. The normalized spacial score (nSPS) is 14.4. The summed E-state index contributed by atoms with van der Waals surface area (Å²) in [7, 11) is 4.01. The standard InChI is InChI=1S/C21H26N6/c1-25(2)20-12-18(13-22-14-20)21-16-27(24-23-21)15-17-6-8-19(9-7-17)26-10-4-3-5-11-26/h6-9,12-14,16H,3-5,10-11,15H2,1-2H3. The van der Waals surface area contributed by atoms with Crippen molar-refractivity contribution in [3.63, 3.8) is 0 Å². The van der Waals surface area contributed by atoms with Gasteiger partial charge in [-0.15, -0.1) is 5.10 Å². The van der Waals surface area contributed by atoms with Crippen LogP contribution >= 0.6 is 0 Å². The third-order valence-corrected chi connectivity index (χ3v) is 5.08. The molecule has 0 radical (unpaired) electrons. The van der Waals surface area contributed by atoms with E-state index in [2.05, 4.69) is 50.5 Å². The van der Waals surface area contributed by atoms with Gasteiger partial charge in [0.25, 0.3) is 0 Å². The molecule has 6 nitrogen and oxygen atoms in total. The summed E-state index contributed by atoms with van der Waals surface area (Å²) in [5.74, 6) is 0. The van der Waals surface area contributed by atoms with Gasteiger partial charge in [0.1, 0.15) is 5.69 Å². The molecule has 0 bridgehead atoms. The number of nitrogens with zero attached hydrogens (tertiary/aromatic N) is 6. The number of benzene rings is 1. The van der Waals surface area contributed by atoms with E-state index in [1.165, 1.54) is 43.6 Å². The Kier molecular flexibility index (Phi) is 5.05. The highest BCUT2D eigenvalue weighted by Crippen LogP contribution is 2.22. The molecule has 3 aromatic rings. The van der Waals surface area contributed by atoms with Gasteiger partial charge in [-0.05, 0) is 43.0 Å². The van der Waals surface area contributed by atoms with Crippen LogP contribution in [0.4, 0.5) is 11.4 Å². The van der Waals surface area contributed by atoms with Gasteiger partial charge in [0.05, 0.1) is 24.6 Å². The summed E-state index contributed by atoms with van der Waals surface area (Å²) in [6.45, 7) is 3.06. The minimum atomic E-state index is 0.716. The fourth-order valence-electron chi connectivity index (χ4n) is 3.47. The first kappa shape index (κ1) is 17.5. The molecule has 1 aromatic carbocycles. The second-order valence-corrected chi connectivity index (χ2v) is 7.34. The van der Waals surface area contributed by atoms with Gasteiger partial charge in [-0.25, -0.2) is 4.68 Å². The molecule has 1 saturated heterocycles. The van der Waals surface area contributed by atoms with Crippen molar-refractivity contribution in [1.29, 1.82) is 0 Å². The summed E-state index contributed by atoms with van der Waals surface area (Å²) < 4.78 is 1.88. The molecule has 0 unspecified atom stereocenters. The lowest BCUT2D eigenvalue weighted by Gasteiger charge is -2.28. The lowest BCUT2D eigenvalue weighted by Crippen LogP contribution is -2.29. The van der Waals surface area contributed by atoms with Crippen LogP contribution in [0.3, 0.4) is 0 Å². The fraction of sp³-hybridized carbons (Fsp3) is 0.381. The summed E-state index contributed by atoms with van der Waals surface area (Å²) in [5, 5.41) is 8.61. The highest BCUT2D eigenvalue weighted by Gasteiger charge is 2.11. The first-order valence-corrected chi connectivity index (χ1v) is 9.56. The van der Waals surface area contributed by atoms with E-state index in [0.717, 1.165) is 16.9 Å². The van der Waals surface area contributed by atoms with E-state index in [1.54, 1.807) is 0 Å². The molecule has 0 atom stereocenters. The van der Waals surface area contributed by atoms with Crippen LogP contribution in [0.5, 0.6) is 0 Å². The van der Waals surface area contributed by atoms with Crippen LogP contribution < -0.4 is 9.80 Å². The number of piperidine rings is 1. The molecular weight excluding hydrogens is 336 g/mol. The van der Waals surface area contributed by atoms with Crippen LogP contribution in [0.15, 0.2) is 48.9 Å². The Morgan fingerprint density at radius 2 is 1.78 bits per heavy atom. The van der Waals surface area contributed by atoms with Crippen LogP contribution in [0, 0.1) is 0 Å². The second-order valence-electron chi connectivity index (χ2n) is 7.34. The average Bonchev–Trinajstić information content (AvgIpc) is 3.18. The Bertz CT molecular complexity index is 878. The number of rotatable bonds is 5. The molecule has 0 N–H and O–H groups in total. The molecule has 2 aromatic heterocycles. The van der Waals surface area contributed by atoms with Crippen molar-refractivity contribution in [1.82, 2.24) is 20.0 Å². The zero-order chi connectivity index (χ0) is 18.6. The summed E-state index contributed by atoms with van der Waals surface area (Å²) >= 11 is 0. The minimum absolute atomic E-state index is 0.716. The van der Waals surface area contributed by atoms with E-state index in [0.29, 0.717) is 6.54 Å². The SMILES string of the molecule is CN(C)c1cncc(-c2cn(Cc3ccc(N4CCCCC4)cc3)nn2)c1. The monoisotopic (exact) mass is 362 g/mol. The average molecular weight is 362 g/mol. The van der Waals surface area contributed by atoms with Crippen molar-refractivity contribution >= 4 is 11.4 Å². The van der Waals surface area contributed by atoms with Gasteiger partial charge in [0, 0.05) is 44.6 Å². The third kappa shape index (κ3) is 4.10. The maximum atomic E-state index is 4.32. The topological polar surface area (TPSA) is 50.1 Å². The van der Waals surface area contributed by atoms with Gasteiger partial charge in [-0.3, -0.25) is 4.98 Å². The first-order valence-electron chi connectivity index (χ1n) is 9.56.